The Morgan fingerprint density at radius 2 is 1.77 bits per heavy atom. The molecule has 0 aliphatic rings. The van der Waals surface area contributed by atoms with Gasteiger partial charge in [0.1, 0.15) is 0 Å². The highest BCUT2D eigenvalue weighted by Crippen LogP contribution is 2.37. The molecule has 0 saturated heterocycles. The molecule has 0 fully saturated rings. The van der Waals surface area contributed by atoms with Gasteiger partial charge in [-0.15, -0.1) is 0 Å². The second-order valence-electron chi connectivity index (χ2n) is 6.50. The molecule has 1 aromatic carbocycles. The molecule has 0 atom stereocenters. The van der Waals surface area contributed by atoms with Crippen molar-refractivity contribution in [3.63, 3.8) is 0 Å². The molecule has 0 spiro atoms. The van der Waals surface area contributed by atoms with E-state index in [1.807, 2.05) is 36.5 Å². The minimum Gasteiger partial charge on any atom is -0.411 e. The summed E-state index contributed by atoms with van der Waals surface area (Å²) >= 11 is 3.43. The molecular weight excluding hydrogens is 390 g/mol. The summed E-state index contributed by atoms with van der Waals surface area (Å²) in [5.41, 5.74) is 4.94. The zero-order valence-electron chi connectivity index (χ0n) is 15.1. The van der Waals surface area contributed by atoms with Crippen LogP contribution in [0.3, 0.4) is 0 Å². The van der Waals surface area contributed by atoms with Crippen molar-refractivity contribution in [1.82, 2.24) is 9.97 Å². The summed E-state index contributed by atoms with van der Waals surface area (Å²) in [5, 5.41) is 13.0. The number of aromatic nitrogens is 2. The number of hydrogen-bond donors (Lipinski definition) is 3. The number of rotatable bonds is 7. The predicted octanol–water partition coefficient (Wildman–Crippen LogP) is 5.63. The molecular formula is C21H24BrN3O. The van der Waals surface area contributed by atoms with Crippen molar-refractivity contribution >= 4 is 21.6 Å². The third-order valence-corrected chi connectivity index (χ3v) is 5.77. The highest BCUT2D eigenvalue weighted by atomic mass is 79.9. The van der Waals surface area contributed by atoms with Crippen LogP contribution < -0.4 is 0 Å². The zero-order chi connectivity index (χ0) is 18.6. The lowest BCUT2D eigenvalue weighted by Crippen LogP contribution is -2.27. The minimum absolute atomic E-state index is 0.0596. The lowest BCUT2D eigenvalue weighted by molar-refractivity contribution is 0.318. The Morgan fingerprint density at radius 1 is 1.04 bits per heavy atom. The molecule has 136 valence electrons. The van der Waals surface area contributed by atoms with Crippen LogP contribution in [0.1, 0.15) is 49.3 Å². The van der Waals surface area contributed by atoms with Gasteiger partial charge in [-0.1, -0.05) is 47.1 Å². The molecule has 0 amide bonds. The van der Waals surface area contributed by atoms with Crippen molar-refractivity contribution in [1.29, 1.82) is 0 Å². The van der Waals surface area contributed by atoms with E-state index < -0.39 is 0 Å². The Morgan fingerprint density at radius 3 is 2.35 bits per heavy atom. The van der Waals surface area contributed by atoms with E-state index in [1.54, 1.807) is 0 Å². The molecule has 0 aliphatic carbocycles. The SMILES string of the molecule is CCC(CC)(c1ccc[nH]1)c1ccc(C/C(=N\O)c2ccc(Br)cc2)[nH]1. The Labute approximate surface area is 162 Å². The lowest BCUT2D eigenvalue weighted by Gasteiger charge is -2.30. The van der Waals surface area contributed by atoms with E-state index in [-0.39, 0.29) is 5.41 Å². The van der Waals surface area contributed by atoms with Crippen LogP contribution in [-0.4, -0.2) is 20.9 Å². The smallest absolute Gasteiger partial charge is 0.0926 e. The number of halogens is 1. The first kappa shape index (κ1) is 18.5. The van der Waals surface area contributed by atoms with Gasteiger partial charge in [-0.2, -0.15) is 0 Å². The molecule has 4 nitrogen and oxygen atoms in total. The van der Waals surface area contributed by atoms with Crippen molar-refractivity contribution in [3.8, 4) is 0 Å². The number of hydrogen-bond acceptors (Lipinski definition) is 2. The number of oxime groups is 1. The van der Waals surface area contributed by atoms with Crippen LogP contribution in [-0.2, 0) is 11.8 Å². The Balaban J connectivity index is 1.88. The van der Waals surface area contributed by atoms with E-state index in [0.29, 0.717) is 12.1 Å². The van der Waals surface area contributed by atoms with E-state index in [9.17, 15) is 5.21 Å². The molecule has 3 N–H and O–H groups in total. The van der Waals surface area contributed by atoms with E-state index >= 15 is 0 Å². The summed E-state index contributed by atoms with van der Waals surface area (Å²) in [6.07, 6.45) is 4.52. The predicted molar refractivity (Wildman–Crippen MR) is 109 cm³/mol. The van der Waals surface area contributed by atoms with Gasteiger partial charge in [0.15, 0.2) is 0 Å². The van der Waals surface area contributed by atoms with Gasteiger partial charge in [-0.05, 0) is 54.8 Å². The van der Waals surface area contributed by atoms with Crippen LogP contribution in [0.2, 0.25) is 0 Å². The third kappa shape index (κ3) is 3.49. The lowest BCUT2D eigenvalue weighted by atomic mass is 9.76. The normalized spacial score (nSPS) is 12.5. The molecule has 0 aliphatic heterocycles. The van der Waals surface area contributed by atoms with Crippen LogP contribution in [0.5, 0.6) is 0 Å². The van der Waals surface area contributed by atoms with Crippen molar-refractivity contribution in [2.24, 2.45) is 5.16 Å². The fraction of sp³-hybridized carbons (Fsp3) is 0.286. The van der Waals surface area contributed by atoms with Crippen LogP contribution in [0.4, 0.5) is 0 Å². The average Bonchev–Trinajstić information content (AvgIpc) is 3.35. The number of aromatic amines is 2. The fourth-order valence-electron chi connectivity index (χ4n) is 3.63. The van der Waals surface area contributed by atoms with Gasteiger partial charge >= 0.3 is 0 Å². The number of benzene rings is 1. The van der Waals surface area contributed by atoms with E-state index in [1.165, 1.54) is 11.4 Å². The first-order valence-electron chi connectivity index (χ1n) is 8.92. The van der Waals surface area contributed by atoms with Gasteiger partial charge in [0, 0.05) is 39.6 Å². The minimum atomic E-state index is -0.0596. The fourth-order valence-corrected chi connectivity index (χ4v) is 3.89. The van der Waals surface area contributed by atoms with Gasteiger partial charge in [0.2, 0.25) is 0 Å². The summed E-state index contributed by atoms with van der Waals surface area (Å²) in [5.74, 6) is 0. The third-order valence-electron chi connectivity index (χ3n) is 5.24. The maximum Gasteiger partial charge on any atom is 0.0926 e. The monoisotopic (exact) mass is 413 g/mol. The van der Waals surface area contributed by atoms with Crippen LogP contribution >= 0.6 is 15.9 Å². The summed E-state index contributed by atoms with van der Waals surface area (Å²) in [6, 6.07) is 16.2. The maximum atomic E-state index is 9.48. The molecule has 2 aromatic heterocycles. The number of nitrogens with one attached hydrogen (secondary N) is 2. The van der Waals surface area contributed by atoms with Crippen molar-refractivity contribution in [2.75, 3.05) is 0 Å². The van der Waals surface area contributed by atoms with Gasteiger partial charge in [-0.3, -0.25) is 0 Å². The van der Waals surface area contributed by atoms with E-state index in [4.69, 9.17) is 0 Å². The Bertz CT molecular complexity index is 859. The van der Waals surface area contributed by atoms with Crippen molar-refractivity contribution in [3.05, 3.63) is 81.8 Å². The summed E-state index contributed by atoms with van der Waals surface area (Å²) in [4.78, 5) is 6.95. The summed E-state index contributed by atoms with van der Waals surface area (Å²) < 4.78 is 1.00. The molecule has 3 aromatic rings. The standard InChI is InChI=1S/C21H24BrN3O/c1-3-21(4-2,19-6-5-13-23-19)20-12-11-17(24-20)14-18(25-26)15-7-9-16(22)10-8-15/h5-13,23-24,26H,3-4,14H2,1-2H3/b25-18+. The molecule has 26 heavy (non-hydrogen) atoms. The molecule has 0 bridgehead atoms. The van der Waals surface area contributed by atoms with Gasteiger partial charge in [0.05, 0.1) is 5.71 Å². The first-order chi connectivity index (χ1) is 12.6. The van der Waals surface area contributed by atoms with Gasteiger partial charge in [-0.25, -0.2) is 0 Å². The molecule has 5 heteroatoms. The zero-order valence-corrected chi connectivity index (χ0v) is 16.7. The van der Waals surface area contributed by atoms with Crippen molar-refractivity contribution in [2.45, 2.75) is 38.5 Å². The van der Waals surface area contributed by atoms with E-state index in [2.05, 4.69) is 63.1 Å². The Kier molecular flexibility index (Phi) is 5.67. The van der Waals surface area contributed by atoms with Crippen molar-refractivity contribution < 1.29 is 5.21 Å². The largest absolute Gasteiger partial charge is 0.411 e. The summed E-state index contributed by atoms with van der Waals surface area (Å²) in [6.45, 7) is 4.43. The Hall–Kier alpha value is -2.27. The van der Waals surface area contributed by atoms with Crippen LogP contribution in [0.15, 0.2) is 64.4 Å². The molecule has 2 heterocycles. The van der Waals surface area contributed by atoms with Gasteiger partial charge in [0.25, 0.3) is 0 Å². The number of H-pyrrole nitrogens is 2. The molecule has 0 unspecified atom stereocenters. The molecule has 0 saturated carbocycles. The summed E-state index contributed by atoms with van der Waals surface area (Å²) in [7, 11) is 0. The van der Waals surface area contributed by atoms with Crippen LogP contribution in [0.25, 0.3) is 0 Å². The first-order valence-corrected chi connectivity index (χ1v) is 9.71. The number of nitrogens with zero attached hydrogens (tertiary/aromatic N) is 1. The maximum absolute atomic E-state index is 9.48. The van der Waals surface area contributed by atoms with Crippen LogP contribution in [0, 0.1) is 0 Å². The van der Waals surface area contributed by atoms with E-state index in [0.717, 1.165) is 28.6 Å². The average molecular weight is 414 g/mol. The molecule has 3 rings (SSSR count). The second-order valence-corrected chi connectivity index (χ2v) is 7.42. The molecule has 0 radical (unpaired) electrons. The highest BCUT2D eigenvalue weighted by molar-refractivity contribution is 9.10. The quantitative estimate of drug-likeness (QED) is 0.262. The second kappa shape index (κ2) is 7.96. The van der Waals surface area contributed by atoms with Gasteiger partial charge < -0.3 is 15.2 Å². The topological polar surface area (TPSA) is 64.2 Å². The highest BCUT2D eigenvalue weighted by Gasteiger charge is 2.33.